The summed E-state index contributed by atoms with van der Waals surface area (Å²) in [4.78, 5) is 34.6. The Labute approximate surface area is 266 Å². The molecule has 0 unspecified atom stereocenters. The highest BCUT2D eigenvalue weighted by Crippen LogP contribution is 2.69. The van der Waals surface area contributed by atoms with E-state index in [1.807, 2.05) is 25.1 Å². The first kappa shape index (κ1) is 33.1. The summed E-state index contributed by atoms with van der Waals surface area (Å²) in [7, 11) is 4.17. The molecule has 0 aromatic heterocycles. The van der Waals surface area contributed by atoms with E-state index in [1.54, 1.807) is 0 Å². The van der Waals surface area contributed by atoms with Crippen molar-refractivity contribution in [3.63, 3.8) is 0 Å². The molecule has 4 aliphatic rings. The van der Waals surface area contributed by atoms with Crippen molar-refractivity contribution in [1.82, 2.24) is 10.2 Å². The van der Waals surface area contributed by atoms with E-state index in [2.05, 4.69) is 83.4 Å². The predicted molar refractivity (Wildman–Crippen MR) is 178 cm³/mol. The van der Waals surface area contributed by atoms with Crippen molar-refractivity contribution < 1.29 is 14.7 Å². The molecule has 2 N–H and O–H groups in total. The first-order valence-electron chi connectivity index (χ1n) is 17.2. The molecule has 242 valence electrons. The molecule has 6 heteroatoms. The number of allylic oxidation sites excluding steroid dienone is 1. The van der Waals surface area contributed by atoms with Gasteiger partial charge in [0, 0.05) is 47.9 Å². The minimum atomic E-state index is -0.408. The van der Waals surface area contributed by atoms with Gasteiger partial charge in [-0.05, 0) is 87.8 Å². The van der Waals surface area contributed by atoms with Gasteiger partial charge in [0.15, 0.2) is 0 Å². The van der Waals surface area contributed by atoms with Crippen LogP contribution >= 0.6 is 0 Å². The number of carbonyl (C=O) groups excluding carboxylic acids is 2. The van der Waals surface area contributed by atoms with E-state index >= 15 is 0 Å². The third-order valence-electron chi connectivity index (χ3n) is 13.3. The average molecular weight is 604 g/mol. The van der Waals surface area contributed by atoms with Gasteiger partial charge in [0.05, 0.1) is 12.6 Å². The highest BCUT2D eigenvalue weighted by Gasteiger charge is 2.67. The van der Waals surface area contributed by atoms with E-state index in [1.165, 1.54) is 11.1 Å². The van der Waals surface area contributed by atoms with E-state index < -0.39 is 6.10 Å². The Morgan fingerprint density at radius 3 is 2.50 bits per heavy atom. The number of amides is 1. The van der Waals surface area contributed by atoms with Crippen molar-refractivity contribution >= 4 is 17.9 Å². The molecule has 0 spiro atoms. The first-order valence-corrected chi connectivity index (χ1v) is 17.2. The summed E-state index contributed by atoms with van der Waals surface area (Å²) in [6.45, 7) is 13.9. The highest BCUT2D eigenvalue weighted by atomic mass is 16.3. The summed E-state index contributed by atoms with van der Waals surface area (Å²) in [6, 6.07) is 10.5. The number of aliphatic imine (C=N–C) groups is 1. The zero-order valence-electron chi connectivity index (χ0n) is 28.5. The van der Waals surface area contributed by atoms with Gasteiger partial charge in [-0.2, -0.15) is 0 Å². The Hall–Kier alpha value is -2.31. The number of carbonyl (C=O) groups is 2. The van der Waals surface area contributed by atoms with Gasteiger partial charge < -0.3 is 15.3 Å². The molecule has 3 saturated carbocycles. The monoisotopic (exact) mass is 603 g/mol. The summed E-state index contributed by atoms with van der Waals surface area (Å²) in [6.07, 6.45) is 9.66. The number of hydrogen-bond donors (Lipinski definition) is 2. The van der Waals surface area contributed by atoms with Crippen LogP contribution in [0.1, 0.15) is 92.1 Å². The van der Waals surface area contributed by atoms with Crippen molar-refractivity contribution in [1.29, 1.82) is 0 Å². The zero-order valence-corrected chi connectivity index (χ0v) is 28.5. The fourth-order valence-electron chi connectivity index (χ4n) is 10.1. The second-order valence-corrected chi connectivity index (χ2v) is 15.7. The number of nitrogens with zero attached hydrogens (tertiary/aromatic N) is 2. The fraction of sp³-hybridized carbons (Fsp3) is 0.711. The number of hydrogen-bond acceptors (Lipinski definition) is 5. The number of aliphatic hydroxyl groups is 1. The molecule has 0 bridgehead atoms. The second-order valence-electron chi connectivity index (χ2n) is 15.7. The number of Topliss-reactive ketones (excluding diaryl/α,β-unsaturated/α-hetero) is 1. The molecule has 0 radical (unpaired) electrons. The van der Waals surface area contributed by atoms with Crippen LogP contribution in [-0.2, 0) is 16.1 Å². The first-order chi connectivity index (χ1) is 20.8. The number of fused-ring (bicyclic) bond motifs is 4. The number of ketones is 1. The van der Waals surface area contributed by atoms with Gasteiger partial charge in [0.2, 0.25) is 5.91 Å². The molecule has 11 atom stereocenters. The Morgan fingerprint density at radius 2 is 1.84 bits per heavy atom. The lowest BCUT2D eigenvalue weighted by molar-refractivity contribution is -0.147. The van der Waals surface area contributed by atoms with Crippen LogP contribution in [0.4, 0.5) is 0 Å². The Bertz CT molecular complexity index is 1280. The van der Waals surface area contributed by atoms with Crippen LogP contribution in [0.25, 0.3) is 0 Å². The normalized spacial score (nSPS) is 40.0. The molecule has 1 aromatic carbocycles. The topological polar surface area (TPSA) is 82.0 Å². The molecule has 0 heterocycles. The summed E-state index contributed by atoms with van der Waals surface area (Å²) < 4.78 is 0. The highest BCUT2D eigenvalue weighted by molar-refractivity contribution is 5.84. The Kier molecular flexibility index (Phi) is 9.37. The van der Waals surface area contributed by atoms with Gasteiger partial charge in [-0.3, -0.25) is 14.6 Å². The quantitative estimate of drug-likeness (QED) is 0.264. The van der Waals surface area contributed by atoms with Crippen molar-refractivity contribution in [3.05, 3.63) is 47.5 Å². The van der Waals surface area contributed by atoms with E-state index in [-0.39, 0.29) is 63.8 Å². The lowest BCUT2D eigenvalue weighted by Gasteiger charge is -2.56. The van der Waals surface area contributed by atoms with Crippen LogP contribution in [0, 0.1) is 45.8 Å². The molecule has 44 heavy (non-hydrogen) atoms. The van der Waals surface area contributed by atoms with Crippen LogP contribution in [0.3, 0.4) is 0 Å². The minimum Gasteiger partial charge on any atom is -0.393 e. The third-order valence-corrected chi connectivity index (χ3v) is 13.3. The molecule has 3 fully saturated rings. The summed E-state index contributed by atoms with van der Waals surface area (Å²) in [5.74, 6) is 0.938. The standard InChI is InChI=1S/C38H57N3O3/c1-9-24(2)35(44)40-33-18-15-27-19-28-30(17-16-29(27)36(33,4)23-39-22-26-13-11-10-12-14-26)37(5)21-32(43)34(25(3)41(7)8)38(37,6)20-31(28)42/h10-15,23-25,28-30,32-34,43H,9,16-22H2,1-8H3,(H,40,44)/t24-,25-,28+,29+,30+,32+,33-,34-,36-,37-,38+/m0/s1. The van der Waals surface area contributed by atoms with Crippen molar-refractivity contribution in [2.45, 2.75) is 111 Å². The smallest absolute Gasteiger partial charge is 0.223 e. The maximum atomic E-state index is 14.2. The minimum absolute atomic E-state index is 0.0123. The molecule has 5 rings (SSSR count). The van der Waals surface area contributed by atoms with Gasteiger partial charge in [0.25, 0.3) is 0 Å². The van der Waals surface area contributed by atoms with E-state index in [4.69, 9.17) is 4.99 Å². The van der Waals surface area contributed by atoms with Gasteiger partial charge in [-0.15, -0.1) is 0 Å². The summed E-state index contributed by atoms with van der Waals surface area (Å²) >= 11 is 0. The molecule has 0 saturated heterocycles. The van der Waals surface area contributed by atoms with Crippen molar-refractivity contribution in [3.8, 4) is 0 Å². The van der Waals surface area contributed by atoms with Crippen LogP contribution in [0.2, 0.25) is 0 Å². The SMILES string of the molecule is CC[C@H](C)C(=O)N[C@H]1CC=C2C[C@H]3C(=O)C[C@]4(C)[C@@H]([C@H](C)N(C)C)[C@H](O)C[C@@]4(C)[C@@H]3CC[C@H]2[C@]1(C)C=NCc1ccccc1. The maximum absolute atomic E-state index is 14.2. The van der Waals surface area contributed by atoms with Gasteiger partial charge in [-0.1, -0.05) is 76.6 Å². The van der Waals surface area contributed by atoms with Crippen LogP contribution < -0.4 is 5.32 Å². The van der Waals surface area contributed by atoms with E-state index in [9.17, 15) is 14.7 Å². The zero-order chi connectivity index (χ0) is 32.0. The summed E-state index contributed by atoms with van der Waals surface area (Å²) in [5, 5.41) is 15.0. The molecule has 6 nitrogen and oxygen atoms in total. The lowest BCUT2D eigenvalue weighted by Crippen LogP contribution is -2.55. The van der Waals surface area contributed by atoms with Gasteiger partial charge in [0.1, 0.15) is 5.78 Å². The predicted octanol–water partition coefficient (Wildman–Crippen LogP) is 6.47. The largest absolute Gasteiger partial charge is 0.393 e. The van der Waals surface area contributed by atoms with E-state index in [0.29, 0.717) is 18.7 Å². The van der Waals surface area contributed by atoms with Gasteiger partial charge in [-0.25, -0.2) is 0 Å². The molecule has 4 aliphatic carbocycles. The molecule has 1 aromatic rings. The average Bonchev–Trinajstić information content (AvgIpc) is 3.09. The van der Waals surface area contributed by atoms with Crippen LogP contribution in [0.5, 0.6) is 0 Å². The summed E-state index contributed by atoms with van der Waals surface area (Å²) in [5.41, 5.74) is 1.82. The Morgan fingerprint density at radius 1 is 1.14 bits per heavy atom. The lowest BCUT2D eigenvalue weighted by atomic mass is 9.48. The van der Waals surface area contributed by atoms with E-state index in [0.717, 1.165) is 38.5 Å². The second kappa shape index (κ2) is 12.5. The maximum Gasteiger partial charge on any atom is 0.223 e. The van der Waals surface area contributed by atoms with Crippen LogP contribution in [0.15, 0.2) is 47.0 Å². The number of benzene rings is 1. The van der Waals surface area contributed by atoms with Crippen LogP contribution in [-0.4, -0.2) is 60.2 Å². The van der Waals surface area contributed by atoms with Crippen molar-refractivity contribution in [2.75, 3.05) is 14.1 Å². The third kappa shape index (κ3) is 5.53. The number of rotatable bonds is 8. The molecular formula is C38H57N3O3. The Balaban J connectivity index is 1.48. The number of aliphatic hydroxyl groups excluding tert-OH is 1. The molecule has 0 aliphatic heterocycles. The molecule has 1 amide bonds. The van der Waals surface area contributed by atoms with Crippen molar-refractivity contribution in [2.24, 2.45) is 50.8 Å². The molecular weight excluding hydrogens is 546 g/mol. The van der Waals surface area contributed by atoms with Gasteiger partial charge >= 0.3 is 0 Å². The number of nitrogens with one attached hydrogen (secondary N) is 1. The fourth-order valence-corrected chi connectivity index (χ4v) is 10.1.